The summed E-state index contributed by atoms with van der Waals surface area (Å²) in [6.07, 6.45) is 0. The molecular formula is C12H13BrO6. The summed E-state index contributed by atoms with van der Waals surface area (Å²) < 4.78 is 14.8. The van der Waals surface area contributed by atoms with Gasteiger partial charge in [-0.3, -0.25) is 4.79 Å². The highest BCUT2D eigenvalue weighted by molar-refractivity contribution is 9.10. The zero-order valence-corrected chi connectivity index (χ0v) is 12.2. The standard InChI is InChI=1S/C12H13BrO6/c1-4-19-12(16)10(15)8-6(13)5-7(17-2)11(18-3)9(8)14/h5,14H,4H2,1-3H3. The number of aromatic hydroxyl groups is 1. The maximum atomic E-state index is 11.9. The molecule has 0 spiro atoms. The van der Waals surface area contributed by atoms with Crippen LogP contribution in [0.2, 0.25) is 0 Å². The van der Waals surface area contributed by atoms with E-state index in [-0.39, 0.29) is 28.1 Å². The fraction of sp³-hybridized carbons (Fsp3) is 0.333. The first-order valence-electron chi connectivity index (χ1n) is 5.32. The van der Waals surface area contributed by atoms with Gasteiger partial charge in [0.05, 0.1) is 26.4 Å². The average molecular weight is 333 g/mol. The number of benzene rings is 1. The summed E-state index contributed by atoms with van der Waals surface area (Å²) in [7, 11) is 2.70. The van der Waals surface area contributed by atoms with Gasteiger partial charge in [0.1, 0.15) is 0 Å². The molecule has 1 aromatic carbocycles. The van der Waals surface area contributed by atoms with E-state index in [1.165, 1.54) is 20.3 Å². The maximum Gasteiger partial charge on any atom is 0.379 e. The summed E-state index contributed by atoms with van der Waals surface area (Å²) in [6, 6.07) is 1.42. The largest absolute Gasteiger partial charge is 0.504 e. The average Bonchev–Trinajstić information content (AvgIpc) is 2.38. The molecule has 0 heterocycles. The Hall–Kier alpha value is -1.76. The number of carbonyl (C=O) groups excluding carboxylic acids is 2. The first kappa shape index (κ1) is 15.3. The highest BCUT2D eigenvalue weighted by Crippen LogP contribution is 2.43. The third-order valence-corrected chi connectivity index (χ3v) is 2.91. The lowest BCUT2D eigenvalue weighted by Gasteiger charge is -2.13. The molecule has 104 valence electrons. The van der Waals surface area contributed by atoms with Crippen LogP contribution in [0.3, 0.4) is 0 Å². The minimum absolute atomic E-state index is 0.0293. The number of ketones is 1. The monoisotopic (exact) mass is 332 g/mol. The molecule has 0 unspecified atom stereocenters. The van der Waals surface area contributed by atoms with Crippen molar-refractivity contribution in [2.24, 2.45) is 0 Å². The first-order chi connectivity index (χ1) is 8.97. The van der Waals surface area contributed by atoms with E-state index >= 15 is 0 Å². The molecule has 1 rings (SSSR count). The Morgan fingerprint density at radius 2 is 1.95 bits per heavy atom. The molecule has 0 aliphatic rings. The summed E-state index contributed by atoms with van der Waals surface area (Å²) in [5.41, 5.74) is -0.226. The molecule has 6 nitrogen and oxygen atoms in total. The first-order valence-corrected chi connectivity index (χ1v) is 6.12. The van der Waals surface area contributed by atoms with Crippen LogP contribution in [0.1, 0.15) is 17.3 Å². The van der Waals surface area contributed by atoms with Gasteiger partial charge in [-0.2, -0.15) is 0 Å². The van der Waals surface area contributed by atoms with Crippen LogP contribution in [0.5, 0.6) is 17.2 Å². The van der Waals surface area contributed by atoms with Gasteiger partial charge in [-0.25, -0.2) is 4.79 Å². The predicted molar refractivity (Wildman–Crippen MR) is 69.9 cm³/mol. The number of carbonyl (C=O) groups is 2. The van der Waals surface area contributed by atoms with Gasteiger partial charge in [0, 0.05) is 4.47 Å². The van der Waals surface area contributed by atoms with Gasteiger partial charge in [-0.1, -0.05) is 0 Å². The Labute approximate surface area is 118 Å². The molecular weight excluding hydrogens is 320 g/mol. The number of halogens is 1. The molecule has 0 bridgehead atoms. The van der Waals surface area contributed by atoms with Crippen molar-refractivity contribution in [3.8, 4) is 17.2 Å². The van der Waals surface area contributed by atoms with E-state index in [4.69, 9.17) is 9.47 Å². The molecule has 0 saturated heterocycles. The van der Waals surface area contributed by atoms with Gasteiger partial charge in [-0.05, 0) is 28.9 Å². The van der Waals surface area contributed by atoms with Crippen LogP contribution in [0, 0.1) is 0 Å². The van der Waals surface area contributed by atoms with Crippen molar-refractivity contribution in [3.63, 3.8) is 0 Å². The zero-order valence-electron chi connectivity index (χ0n) is 10.7. The van der Waals surface area contributed by atoms with Crippen LogP contribution in [0.4, 0.5) is 0 Å². The van der Waals surface area contributed by atoms with Crippen molar-refractivity contribution < 1.29 is 28.9 Å². The van der Waals surface area contributed by atoms with Gasteiger partial charge >= 0.3 is 5.97 Å². The Kier molecular flexibility index (Phi) is 5.17. The van der Waals surface area contributed by atoms with E-state index in [0.29, 0.717) is 0 Å². The van der Waals surface area contributed by atoms with Crippen molar-refractivity contribution in [2.45, 2.75) is 6.92 Å². The highest BCUT2D eigenvalue weighted by Gasteiger charge is 2.28. The SMILES string of the molecule is CCOC(=O)C(=O)c1c(Br)cc(OC)c(OC)c1O. The zero-order chi connectivity index (χ0) is 14.6. The van der Waals surface area contributed by atoms with Crippen LogP contribution in [0.15, 0.2) is 10.5 Å². The van der Waals surface area contributed by atoms with Gasteiger partial charge in [0.25, 0.3) is 5.78 Å². The molecule has 0 saturated carbocycles. The topological polar surface area (TPSA) is 82.1 Å². The fourth-order valence-electron chi connectivity index (χ4n) is 1.46. The van der Waals surface area contributed by atoms with Crippen molar-refractivity contribution in [1.82, 2.24) is 0 Å². The van der Waals surface area contributed by atoms with E-state index in [9.17, 15) is 14.7 Å². The fourth-order valence-corrected chi connectivity index (χ4v) is 2.04. The number of Topliss-reactive ketones (excluding diaryl/α,β-unsaturated/α-hetero) is 1. The lowest BCUT2D eigenvalue weighted by atomic mass is 10.1. The lowest BCUT2D eigenvalue weighted by molar-refractivity contribution is -0.137. The molecule has 19 heavy (non-hydrogen) atoms. The number of hydrogen-bond donors (Lipinski definition) is 1. The van der Waals surface area contributed by atoms with Crippen molar-refractivity contribution in [1.29, 1.82) is 0 Å². The number of hydrogen-bond acceptors (Lipinski definition) is 6. The summed E-state index contributed by atoms with van der Waals surface area (Å²) in [6.45, 7) is 1.64. The second-order valence-electron chi connectivity index (χ2n) is 3.37. The third-order valence-electron chi connectivity index (χ3n) is 2.28. The van der Waals surface area contributed by atoms with Gasteiger partial charge in [0.2, 0.25) is 5.75 Å². The van der Waals surface area contributed by atoms with Crippen molar-refractivity contribution in [2.75, 3.05) is 20.8 Å². The second kappa shape index (κ2) is 6.42. The highest BCUT2D eigenvalue weighted by atomic mass is 79.9. The minimum Gasteiger partial charge on any atom is -0.504 e. The van der Waals surface area contributed by atoms with Crippen LogP contribution >= 0.6 is 15.9 Å². The van der Waals surface area contributed by atoms with Crippen LogP contribution in [-0.2, 0) is 9.53 Å². The number of esters is 1. The Morgan fingerprint density at radius 1 is 1.32 bits per heavy atom. The van der Waals surface area contributed by atoms with Gasteiger partial charge < -0.3 is 19.3 Å². The molecule has 0 aliphatic heterocycles. The number of phenolic OH excluding ortho intramolecular Hbond substituents is 1. The van der Waals surface area contributed by atoms with Crippen LogP contribution in [-0.4, -0.2) is 37.7 Å². The molecule has 0 atom stereocenters. The van der Waals surface area contributed by atoms with E-state index < -0.39 is 17.5 Å². The number of phenols is 1. The summed E-state index contributed by atoms with van der Waals surface area (Å²) in [5.74, 6) is -2.30. The summed E-state index contributed by atoms with van der Waals surface area (Å²) in [5, 5.41) is 10.0. The summed E-state index contributed by atoms with van der Waals surface area (Å²) >= 11 is 3.10. The molecule has 1 N–H and O–H groups in total. The minimum atomic E-state index is -1.05. The van der Waals surface area contributed by atoms with E-state index in [0.717, 1.165) is 0 Å². The van der Waals surface area contributed by atoms with Crippen LogP contribution in [0.25, 0.3) is 0 Å². The maximum absolute atomic E-state index is 11.9. The van der Waals surface area contributed by atoms with Gasteiger partial charge in [-0.15, -0.1) is 0 Å². The smallest absolute Gasteiger partial charge is 0.379 e. The Balaban J connectivity index is 3.36. The van der Waals surface area contributed by atoms with E-state index in [2.05, 4.69) is 20.7 Å². The van der Waals surface area contributed by atoms with Crippen molar-refractivity contribution in [3.05, 3.63) is 16.1 Å². The van der Waals surface area contributed by atoms with Gasteiger partial charge in [0.15, 0.2) is 11.5 Å². The Bertz CT molecular complexity index is 511. The quantitative estimate of drug-likeness (QED) is 0.504. The Morgan fingerprint density at radius 3 is 2.42 bits per heavy atom. The molecule has 0 aromatic heterocycles. The molecule has 7 heteroatoms. The van der Waals surface area contributed by atoms with E-state index in [1.807, 2.05) is 0 Å². The number of rotatable bonds is 5. The van der Waals surface area contributed by atoms with E-state index in [1.54, 1.807) is 6.92 Å². The lowest BCUT2D eigenvalue weighted by Crippen LogP contribution is -2.18. The molecule has 0 aliphatic carbocycles. The molecule has 0 radical (unpaired) electrons. The normalized spacial score (nSPS) is 9.89. The second-order valence-corrected chi connectivity index (χ2v) is 4.22. The number of ether oxygens (including phenoxy) is 3. The molecule has 1 aromatic rings. The summed E-state index contributed by atoms with van der Waals surface area (Å²) in [4.78, 5) is 23.3. The number of methoxy groups -OCH3 is 2. The van der Waals surface area contributed by atoms with Crippen LogP contribution < -0.4 is 9.47 Å². The molecule has 0 fully saturated rings. The predicted octanol–water partition coefficient (Wildman–Crippen LogP) is 1.92. The van der Waals surface area contributed by atoms with Crippen molar-refractivity contribution >= 4 is 27.7 Å². The third kappa shape index (κ3) is 2.98. The molecule has 0 amide bonds.